The summed E-state index contributed by atoms with van der Waals surface area (Å²) in [4.78, 5) is 25.4. The summed E-state index contributed by atoms with van der Waals surface area (Å²) in [6, 6.07) is 24.6. The molecule has 1 aliphatic heterocycles. The summed E-state index contributed by atoms with van der Waals surface area (Å²) in [6.07, 6.45) is -4.72. The van der Waals surface area contributed by atoms with E-state index in [1.807, 2.05) is 60.7 Å². The van der Waals surface area contributed by atoms with E-state index in [4.69, 9.17) is 16.3 Å². The first-order valence-corrected chi connectivity index (χ1v) is 12.5. The predicted molar refractivity (Wildman–Crippen MR) is 138 cm³/mol. The van der Waals surface area contributed by atoms with Crippen molar-refractivity contribution in [3.8, 4) is 0 Å². The second kappa shape index (κ2) is 11.8. The Labute approximate surface area is 228 Å². The van der Waals surface area contributed by atoms with Crippen LogP contribution in [0.2, 0.25) is 5.02 Å². The number of hydrogen-bond donors (Lipinski definition) is 1. The molecule has 3 aromatic rings. The van der Waals surface area contributed by atoms with Gasteiger partial charge in [0.1, 0.15) is 5.70 Å². The SMILES string of the molecule is CC1=C(C(=O)[O-])C(c2cccc(Cl)c2)C(C(=O)OCCC(c2ccccc2)c2ccccc2)=C(C(F)(F)F)N1. The summed E-state index contributed by atoms with van der Waals surface area (Å²) in [5.74, 6) is -4.81. The van der Waals surface area contributed by atoms with Crippen LogP contribution in [-0.2, 0) is 14.3 Å². The van der Waals surface area contributed by atoms with Gasteiger partial charge >= 0.3 is 12.1 Å². The summed E-state index contributed by atoms with van der Waals surface area (Å²) in [6.45, 7) is 0.967. The number of carboxylic acid groups (broad SMARTS) is 1. The van der Waals surface area contributed by atoms with Gasteiger partial charge in [-0.3, -0.25) is 0 Å². The highest BCUT2D eigenvalue weighted by atomic mass is 35.5. The Morgan fingerprint density at radius 2 is 1.54 bits per heavy atom. The van der Waals surface area contributed by atoms with E-state index in [0.717, 1.165) is 11.1 Å². The molecule has 0 radical (unpaired) electrons. The second-order valence-corrected chi connectivity index (χ2v) is 9.46. The number of rotatable bonds is 8. The van der Waals surface area contributed by atoms with Crippen LogP contribution in [0, 0.1) is 0 Å². The minimum atomic E-state index is -5.00. The van der Waals surface area contributed by atoms with Crippen molar-refractivity contribution in [3.05, 3.63) is 129 Å². The fourth-order valence-electron chi connectivity index (χ4n) is 4.80. The molecule has 1 aliphatic rings. The number of allylic oxidation sites excluding steroid dienone is 2. The van der Waals surface area contributed by atoms with Crippen molar-refractivity contribution >= 4 is 23.5 Å². The first-order chi connectivity index (χ1) is 18.6. The minimum absolute atomic E-state index is 0.0858. The van der Waals surface area contributed by atoms with Gasteiger partial charge in [0.25, 0.3) is 0 Å². The van der Waals surface area contributed by atoms with Gasteiger partial charge < -0.3 is 20.0 Å². The summed E-state index contributed by atoms with van der Waals surface area (Å²) in [7, 11) is 0. The number of nitrogens with one attached hydrogen (secondary N) is 1. The molecule has 0 bridgehead atoms. The van der Waals surface area contributed by atoms with Crippen molar-refractivity contribution in [3.63, 3.8) is 0 Å². The highest BCUT2D eigenvalue weighted by Gasteiger charge is 2.46. The third kappa shape index (κ3) is 6.34. The van der Waals surface area contributed by atoms with Crippen LogP contribution >= 0.6 is 11.6 Å². The van der Waals surface area contributed by atoms with Gasteiger partial charge in [-0.05, 0) is 42.2 Å². The molecule has 0 aromatic heterocycles. The van der Waals surface area contributed by atoms with E-state index in [9.17, 15) is 27.9 Å². The lowest BCUT2D eigenvalue weighted by Crippen LogP contribution is -2.41. The van der Waals surface area contributed by atoms with Crippen LogP contribution in [0.3, 0.4) is 0 Å². The van der Waals surface area contributed by atoms with E-state index in [-0.39, 0.29) is 35.2 Å². The van der Waals surface area contributed by atoms with E-state index in [2.05, 4.69) is 5.32 Å². The largest absolute Gasteiger partial charge is 0.545 e. The Morgan fingerprint density at radius 3 is 2.05 bits per heavy atom. The molecule has 4 rings (SSSR count). The lowest BCUT2D eigenvalue weighted by Gasteiger charge is -2.33. The average Bonchev–Trinajstić information content (AvgIpc) is 2.90. The van der Waals surface area contributed by atoms with Gasteiger partial charge in [-0.25, -0.2) is 4.79 Å². The van der Waals surface area contributed by atoms with E-state index in [0.29, 0.717) is 0 Å². The Morgan fingerprint density at radius 1 is 0.949 bits per heavy atom. The first kappa shape index (κ1) is 28.0. The normalized spacial score (nSPS) is 15.8. The molecule has 1 heterocycles. The van der Waals surface area contributed by atoms with Crippen LogP contribution in [0.15, 0.2) is 107 Å². The second-order valence-electron chi connectivity index (χ2n) is 9.02. The standard InChI is InChI=1S/C30H25ClF3NO4/c1-18-24(28(36)37)25(21-13-8-14-22(31)17-21)26(27(35-18)30(32,33)34)29(38)39-16-15-23(19-9-4-2-5-10-19)20-11-6-3-7-12-20/h2-14,17,23,25,35H,15-16H2,1H3,(H,36,37)/p-1. The van der Waals surface area contributed by atoms with Crippen LogP contribution < -0.4 is 10.4 Å². The zero-order valence-corrected chi connectivity index (χ0v) is 21.6. The number of halogens is 4. The molecular weight excluding hydrogens is 531 g/mol. The van der Waals surface area contributed by atoms with Crippen LogP contribution in [0.1, 0.15) is 41.9 Å². The smallest absolute Gasteiger partial charge is 0.431 e. The van der Waals surface area contributed by atoms with Crippen LogP contribution in [-0.4, -0.2) is 24.7 Å². The lowest BCUT2D eigenvalue weighted by molar-refractivity contribution is -0.299. The number of carbonyl (C=O) groups is 2. The first-order valence-electron chi connectivity index (χ1n) is 12.1. The van der Waals surface area contributed by atoms with E-state index < -0.39 is 40.9 Å². The van der Waals surface area contributed by atoms with Crippen molar-refractivity contribution in [2.24, 2.45) is 0 Å². The van der Waals surface area contributed by atoms with Crippen molar-refractivity contribution in [2.45, 2.75) is 31.4 Å². The molecule has 0 fully saturated rings. The predicted octanol–water partition coefficient (Wildman–Crippen LogP) is 5.63. The zero-order chi connectivity index (χ0) is 28.2. The van der Waals surface area contributed by atoms with Gasteiger partial charge in [-0.2, -0.15) is 13.2 Å². The lowest BCUT2D eigenvalue weighted by atomic mass is 9.80. The quantitative estimate of drug-likeness (QED) is 0.365. The van der Waals surface area contributed by atoms with E-state index in [1.54, 1.807) is 0 Å². The Balaban J connectivity index is 1.69. The maximum Gasteiger partial charge on any atom is 0.431 e. The molecule has 0 saturated carbocycles. The number of carbonyl (C=O) groups excluding carboxylic acids is 2. The molecule has 1 unspecified atom stereocenters. The highest BCUT2D eigenvalue weighted by Crippen LogP contribution is 2.43. The number of carboxylic acids is 1. The van der Waals surface area contributed by atoms with Gasteiger partial charge in [0.15, 0.2) is 0 Å². The van der Waals surface area contributed by atoms with Gasteiger partial charge in [-0.1, -0.05) is 84.4 Å². The monoisotopic (exact) mass is 554 g/mol. The van der Waals surface area contributed by atoms with Gasteiger partial charge in [-0.15, -0.1) is 0 Å². The number of alkyl halides is 3. The molecular formula is C30H24ClF3NO4-. The van der Waals surface area contributed by atoms with Crippen molar-refractivity contribution in [1.82, 2.24) is 5.32 Å². The molecule has 3 aromatic carbocycles. The van der Waals surface area contributed by atoms with Crippen LogP contribution in [0.4, 0.5) is 13.2 Å². The zero-order valence-electron chi connectivity index (χ0n) is 20.8. The Kier molecular flexibility index (Phi) is 8.45. The molecule has 5 nitrogen and oxygen atoms in total. The third-order valence-corrected chi connectivity index (χ3v) is 6.75. The molecule has 39 heavy (non-hydrogen) atoms. The maximum absolute atomic E-state index is 14.2. The third-order valence-electron chi connectivity index (χ3n) is 6.51. The van der Waals surface area contributed by atoms with E-state index >= 15 is 0 Å². The number of ether oxygens (including phenoxy) is 1. The van der Waals surface area contributed by atoms with Gasteiger partial charge in [0.2, 0.25) is 0 Å². The summed E-state index contributed by atoms with van der Waals surface area (Å²) < 4.78 is 47.9. The Bertz CT molecular complexity index is 1380. The Hall–Kier alpha value is -4.04. The average molecular weight is 555 g/mol. The molecule has 1 atom stereocenters. The fourth-order valence-corrected chi connectivity index (χ4v) is 5.00. The van der Waals surface area contributed by atoms with Crippen LogP contribution in [0.5, 0.6) is 0 Å². The molecule has 0 saturated heterocycles. The number of benzene rings is 3. The summed E-state index contributed by atoms with van der Waals surface area (Å²) in [5.41, 5.74) is -1.08. The van der Waals surface area contributed by atoms with Crippen molar-refractivity contribution in [1.29, 1.82) is 0 Å². The molecule has 9 heteroatoms. The topological polar surface area (TPSA) is 78.5 Å². The van der Waals surface area contributed by atoms with Gasteiger partial charge in [0.05, 0.1) is 18.1 Å². The van der Waals surface area contributed by atoms with E-state index in [1.165, 1.54) is 31.2 Å². The van der Waals surface area contributed by atoms with Gasteiger partial charge in [0, 0.05) is 28.1 Å². The van der Waals surface area contributed by atoms with Crippen molar-refractivity contribution < 1.29 is 32.6 Å². The highest BCUT2D eigenvalue weighted by molar-refractivity contribution is 6.30. The molecule has 0 spiro atoms. The number of aliphatic carboxylic acids is 1. The maximum atomic E-state index is 14.2. The fraction of sp³-hybridized carbons (Fsp3) is 0.200. The van der Waals surface area contributed by atoms with Crippen LogP contribution in [0.25, 0.3) is 0 Å². The van der Waals surface area contributed by atoms with Crippen molar-refractivity contribution in [2.75, 3.05) is 6.61 Å². The number of dihydropyridines is 1. The molecule has 0 aliphatic carbocycles. The molecule has 202 valence electrons. The number of esters is 1. The molecule has 0 amide bonds. The summed E-state index contributed by atoms with van der Waals surface area (Å²) >= 11 is 6.07. The molecule has 1 N–H and O–H groups in total. The minimum Gasteiger partial charge on any atom is -0.545 e. The summed E-state index contributed by atoms with van der Waals surface area (Å²) in [5, 5.41) is 14.3. The number of hydrogen-bond acceptors (Lipinski definition) is 5.